The van der Waals surface area contributed by atoms with Gasteiger partial charge in [0.05, 0.1) is 24.5 Å². The van der Waals surface area contributed by atoms with Gasteiger partial charge in [-0.05, 0) is 12.8 Å². The number of hydrogen-bond acceptors (Lipinski definition) is 9. The molecule has 4 aromatic rings. The number of aromatic nitrogens is 6. The van der Waals surface area contributed by atoms with Crippen molar-refractivity contribution in [2.45, 2.75) is 31.3 Å². The van der Waals surface area contributed by atoms with Crippen molar-refractivity contribution < 1.29 is 9.59 Å². The summed E-state index contributed by atoms with van der Waals surface area (Å²) in [6, 6.07) is -0.396. The van der Waals surface area contributed by atoms with E-state index in [0.717, 1.165) is 17.1 Å². The quantitative estimate of drug-likeness (QED) is 0.436. The van der Waals surface area contributed by atoms with Crippen LogP contribution in [0.4, 0.5) is 11.8 Å². The summed E-state index contributed by atoms with van der Waals surface area (Å²) in [6.45, 7) is 1.63. The lowest BCUT2D eigenvalue weighted by Crippen LogP contribution is -2.56. The van der Waals surface area contributed by atoms with Gasteiger partial charge in [0, 0.05) is 37.4 Å². The number of hydrogen-bond donors (Lipinski definition) is 2. The Hall–Kier alpha value is -3.74. The number of thiazole rings is 1. The first-order valence-electron chi connectivity index (χ1n) is 10.7. The van der Waals surface area contributed by atoms with Crippen LogP contribution in [0, 0.1) is 0 Å². The zero-order valence-corrected chi connectivity index (χ0v) is 18.5. The van der Waals surface area contributed by atoms with Gasteiger partial charge in [-0.25, -0.2) is 9.97 Å². The van der Waals surface area contributed by atoms with Crippen molar-refractivity contribution in [2.24, 2.45) is 0 Å². The molecule has 1 unspecified atom stereocenters. The number of anilines is 2. The number of rotatable bonds is 4. The zero-order valence-electron chi connectivity index (χ0n) is 17.7. The van der Waals surface area contributed by atoms with Crippen LogP contribution in [-0.2, 0) is 16.0 Å². The number of carbonyl (C=O) groups is 2. The topological polar surface area (TPSA) is 154 Å². The van der Waals surface area contributed by atoms with Crippen molar-refractivity contribution in [3.8, 4) is 0 Å². The van der Waals surface area contributed by atoms with Gasteiger partial charge >= 0.3 is 0 Å². The van der Waals surface area contributed by atoms with Crippen molar-refractivity contribution in [3.63, 3.8) is 0 Å². The van der Waals surface area contributed by atoms with E-state index in [1.54, 1.807) is 16.1 Å². The second-order valence-corrected chi connectivity index (χ2v) is 9.31. The average Bonchev–Trinajstić information content (AvgIpc) is 3.50. The molecule has 12 nitrogen and oxygen atoms in total. The minimum Gasteiger partial charge on any atom is -0.382 e. The van der Waals surface area contributed by atoms with E-state index >= 15 is 0 Å². The Morgan fingerprint density at radius 2 is 2.03 bits per heavy atom. The first-order valence-corrected chi connectivity index (χ1v) is 11.6. The molecule has 13 heteroatoms. The highest BCUT2D eigenvalue weighted by Gasteiger charge is 2.41. The van der Waals surface area contributed by atoms with Gasteiger partial charge in [0.25, 0.3) is 0 Å². The van der Waals surface area contributed by atoms with Crippen molar-refractivity contribution in [1.82, 2.24) is 38.7 Å². The Morgan fingerprint density at radius 1 is 1.18 bits per heavy atom. The number of nitrogens with two attached hydrogens (primary N) is 2. The number of amides is 2. The van der Waals surface area contributed by atoms with Crippen LogP contribution in [0.5, 0.6) is 0 Å². The Balaban J connectivity index is 1.12. The number of imidazole rings is 2. The van der Waals surface area contributed by atoms with E-state index in [4.69, 9.17) is 11.5 Å². The van der Waals surface area contributed by atoms with Gasteiger partial charge in [0.15, 0.2) is 16.4 Å². The summed E-state index contributed by atoms with van der Waals surface area (Å²) in [5, 5.41) is 1.95. The summed E-state index contributed by atoms with van der Waals surface area (Å²) >= 11 is 1.53. The molecule has 4 N–H and O–H groups in total. The molecule has 2 aliphatic rings. The minimum absolute atomic E-state index is 0.0130. The van der Waals surface area contributed by atoms with Gasteiger partial charge in [-0.3, -0.25) is 14.0 Å². The second-order valence-electron chi connectivity index (χ2n) is 8.44. The lowest BCUT2D eigenvalue weighted by atomic mass is 10.1. The molecule has 0 aliphatic carbocycles. The summed E-state index contributed by atoms with van der Waals surface area (Å²) in [5.74, 6) is 0.255. The molecule has 170 valence electrons. The maximum atomic E-state index is 13.2. The van der Waals surface area contributed by atoms with Crippen LogP contribution < -0.4 is 11.5 Å². The Labute approximate surface area is 191 Å². The normalized spacial score (nSPS) is 19.0. The van der Waals surface area contributed by atoms with Crippen molar-refractivity contribution in [1.29, 1.82) is 0 Å². The first-order chi connectivity index (χ1) is 16.0. The van der Waals surface area contributed by atoms with E-state index in [1.165, 1.54) is 11.3 Å². The molecule has 6 rings (SSSR count). The fraction of sp³-hybridized carbons (Fsp3) is 0.400. The third-order valence-electron chi connectivity index (χ3n) is 6.37. The van der Waals surface area contributed by atoms with E-state index in [0.29, 0.717) is 37.2 Å². The summed E-state index contributed by atoms with van der Waals surface area (Å²) in [6.07, 6.45) is 7.14. The van der Waals surface area contributed by atoms with Gasteiger partial charge in [0.2, 0.25) is 17.8 Å². The molecular weight excluding hydrogens is 444 g/mol. The highest BCUT2D eigenvalue weighted by atomic mass is 32.1. The predicted molar refractivity (Wildman–Crippen MR) is 121 cm³/mol. The summed E-state index contributed by atoms with van der Waals surface area (Å²) in [4.78, 5) is 47.5. The number of carbonyl (C=O) groups excluding carboxylic acids is 2. The zero-order chi connectivity index (χ0) is 22.7. The Morgan fingerprint density at radius 3 is 2.85 bits per heavy atom. The lowest BCUT2D eigenvalue weighted by molar-refractivity contribution is -0.147. The number of fused-ring (bicyclic) bond motifs is 2. The van der Waals surface area contributed by atoms with Crippen LogP contribution >= 0.6 is 11.3 Å². The molecule has 0 aromatic carbocycles. The van der Waals surface area contributed by atoms with E-state index < -0.39 is 6.04 Å². The van der Waals surface area contributed by atoms with Crippen molar-refractivity contribution in [3.05, 3.63) is 29.8 Å². The molecule has 0 spiro atoms. The summed E-state index contributed by atoms with van der Waals surface area (Å²) < 4.78 is 3.79. The molecule has 2 amide bonds. The molecule has 4 aromatic heterocycles. The molecule has 2 saturated heterocycles. The van der Waals surface area contributed by atoms with E-state index in [2.05, 4.69) is 19.9 Å². The van der Waals surface area contributed by atoms with Crippen molar-refractivity contribution in [2.75, 3.05) is 31.1 Å². The van der Waals surface area contributed by atoms with Gasteiger partial charge in [-0.1, -0.05) is 0 Å². The minimum atomic E-state index is -0.421. The van der Waals surface area contributed by atoms with Crippen molar-refractivity contribution >= 4 is 51.0 Å². The highest BCUT2D eigenvalue weighted by Crippen LogP contribution is 2.29. The number of likely N-dealkylation sites (tertiary alicyclic amines) is 2. The molecule has 1 atom stereocenters. The summed E-state index contributed by atoms with van der Waals surface area (Å²) in [7, 11) is 0. The molecule has 6 heterocycles. The average molecular weight is 467 g/mol. The lowest BCUT2D eigenvalue weighted by Gasteiger charge is -2.42. The number of nitrogen functional groups attached to an aromatic ring is 2. The maximum absolute atomic E-state index is 13.2. The van der Waals surface area contributed by atoms with Gasteiger partial charge in [-0.15, -0.1) is 11.3 Å². The van der Waals surface area contributed by atoms with E-state index in [-0.39, 0.29) is 36.0 Å². The number of nitrogens with zero attached hydrogens (tertiary/aromatic N) is 8. The van der Waals surface area contributed by atoms with Crippen LogP contribution in [0.2, 0.25) is 0 Å². The molecule has 0 radical (unpaired) electrons. The predicted octanol–water partition coefficient (Wildman–Crippen LogP) is 0.317. The molecule has 2 aliphatic heterocycles. The van der Waals surface area contributed by atoms with E-state index in [9.17, 15) is 9.59 Å². The van der Waals surface area contributed by atoms with Crippen LogP contribution in [-0.4, -0.2) is 76.2 Å². The monoisotopic (exact) mass is 466 g/mol. The SMILES string of the molecule is Nc1nc(N)c2ncn(C3CN(C(=O)C4CCCN4C(=O)Cc4cn5ccsc5n4)C3)c2n1. The molecule has 0 bridgehead atoms. The largest absolute Gasteiger partial charge is 0.382 e. The second kappa shape index (κ2) is 7.40. The molecule has 33 heavy (non-hydrogen) atoms. The summed E-state index contributed by atoms with van der Waals surface area (Å²) in [5.41, 5.74) is 13.4. The third kappa shape index (κ3) is 3.26. The molecule has 2 fully saturated rings. The fourth-order valence-corrected chi connectivity index (χ4v) is 5.40. The van der Waals surface area contributed by atoms with Gasteiger partial charge in [0.1, 0.15) is 11.6 Å². The van der Waals surface area contributed by atoms with Gasteiger partial charge < -0.3 is 25.8 Å². The van der Waals surface area contributed by atoms with E-state index in [1.807, 2.05) is 26.7 Å². The molecular formula is C20H22N10O2S. The Bertz CT molecular complexity index is 1360. The standard InChI is InChI=1S/C20H22N10O2S/c21-16-15-17(26-19(22)25-16)30(10-23-15)12-8-28(9-12)18(32)13-2-1-3-29(13)14(31)6-11-7-27-4-5-33-20(27)24-11/h4-5,7,10,12-13H,1-3,6,8-9H2,(H4,21,22,25,26). The third-order valence-corrected chi connectivity index (χ3v) is 7.14. The fourth-order valence-electron chi connectivity index (χ4n) is 4.68. The van der Waals surface area contributed by atoms with Crippen LogP contribution in [0.1, 0.15) is 24.6 Å². The smallest absolute Gasteiger partial charge is 0.245 e. The first kappa shape index (κ1) is 19.9. The van der Waals surface area contributed by atoms with Crippen LogP contribution in [0.25, 0.3) is 16.1 Å². The maximum Gasteiger partial charge on any atom is 0.245 e. The molecule has 0 saturated carbocycles. The Kier molecular flexibility index (Phi) is 4.47. The van der Waals surface area contributed by atoms with Crippen LogP contribution in [0.15, 0.2) is 24.1 Å². The highest BCUT2D eigenvalue weighted by molar-refractivity contribution is 7.15. The van der Waals surface area contributed by atoms with Gasteiger partial charge in [-0.2, -0.15) is 9.97 Å². The van der Waals surface area contributed by atoms with Crippen LogP contribution in [0.3, 0.4) is 0 Å².